The molecule has 0 fully saturated rings. The molecule has 0 atom stereocenters. The summed E-state index contributed by atoms with van der Waals surface area (Å²) in [7, 11) is 0. The molecular weight excluding hydrogens is 294 g/mol. The van der Waals surface area contributed by atoms with Gasteiger partial charge in [-0.2, -0.15) is 5.26 Å². The molecule has 1 amide bonds. The van der Waals surface area contributed by atoms with Gasteiger partial charge in [0, 0.05) is 5.56 Å². The predicted octanol–water partition coefficient (Wildman–Crippen LogP) is 3.46. The van der Waals surface area contributed by atoms with Crippen LogP contribution in [0.4, 0.5) is 0 Å². The number of fused-ring (bicyclic) bond motifs is 1. The molecule has 0 unspecified atom stereocenters. The number of allylic oxidation sites excluding steroid dienone is 1. The first kappa shape index (κ1) is 14.0. The van der Waals surface area contributed by atoms with E-state index in [1.807, 2.05) is 24.3 Å². The van der Waals surface area contributed by atoms with E-state index in [1.165, 1.54) is 11.3 Å². The average molecular weight is 305 g/mol. The van der Waals surface area contributed by atoms with Crippen LogP contribution >= 0.6 is 11.3 Å². The van der Waals surface area contributed by atoms with E-state index in [9.17, 15) is 10.1 Å². The lowest BCUT2D eigenvalue weighted by Gasteiger charge is -1.98. The Balaban J connectivity index is 1.99. The summed E-state index contributed by atoms with van der Waals surface area (Å²) in [6.45, 7) is 0. The number of nitriles is 1. The van der Waals surface area contributed by atoms with Crippen molar-refractivity contribution in [2.45, 2.75) is 0 Å². The number of carbonyl (C=O) groups excluding carboxylic acids is 1. The predicted molar refractivity (Wildman–Crippen MR) is 88.1 cm³/mol. The first-order valence-corrected chi connectivity index (χ1v) is 7.36. The smallest absolute Gasteiger partial charge is 0.248 e. The van der Waals surface area contributed by atoms with Crippen molar-refractivity contribution in [1.82, 2.24) is 4.98 Å². The van der Waals surface area contributed by atoms with Crippen LogP contribution in [0.15, 0.2) is 48.5 Å². The molecule has 0 aliphatic carbocycles. The van der Waals surface area contributed by atoms with Gasteiger partial charge in [0.05, 0.1) is 15.8 Å². The number of carbonyl (C=O) groups is 1. The van der Waals surface area contributed by atoms with Gasteiger partial charge < -0.3 is 5.73 Å². The van der Waals surface area contributed by atoms with E-state index in [1.54, 1.807) is 30.3 Å². The Morgan fingerprint density at radius 3 is 2.55 bits per heavy atom. The largest absolute Gasteiger partial charge is 0.366 e. The molecular formula is C17H11N3OS. The number of para-hydroxylation sites is 1. The number of nitrogens with two attached hydrogens (primary N) is 1. The second-order valence-electron chi connectivity index (χ2n) is 4.64. The van der Waals surface area contributed by atoms with Crippen molar-refractivity contribution in [3.63, 3.8) is 0 Å². The lowest BCUT2D eigenvalue weighted by molar-refractivity contribution is 0.100. The van der Waals surface area contributed by atoms with Gasteiger partial charge in [0.25, 0.3) is 0 Å². The summed E-state index contributed by atoms with van der Waals surface area (Å²) in [6.07, 6.45) is 1.75. The third-order valence-corrected chi connectivity index (χ3v) is 4.22. The van der Waals surface area contributed by atoms with Crippen molar-refractivity contribution in [3.05, 3.63) is 64.7 Å². The maximum Gasteiger partial charge on any atom is 0.248 e. The van der Waals surface area contributed by atoms with Gasteiger partial charge >= 0.3 is 0 Å². The maximum absolute atomic E-state index is 11.1. The molecule has 0 bridgehead atoms. The second-order valence-corrected chi connectivity index (χ2v) is 5.67. The quantitative estimate of drug-likeness (QED) is 0.752. The number of nitrogens with zero attached hydrogens (tertiary/aromatic N) is 2. The number of aromatic nitrogens is 1. The first-order valence-electron chi connectivity index (χ1n) is 6.55. The minimum atomic E-state index is -0.470. The Labute approximate surface area is 131 Å². The van der Waals surface area contributed by atoms with Crippen LogP contribution in [0.25, 0.3) is 21.9 Å². The first-order chi connectivity index (χ1) is 10.7. The van der Waals surface area contributed by atoms with Crippen LogP contribution in [-0.4, -0.2) is 10.9 Å². The molecule has 0 aliphatic rings. The third-order valence-electron chi connectivity index (χ3n) is 3.15. The maximum atomic E-state index is 11.1. The molecule has 0 saturated carbocycles. The van der Waals surface area contributed by atoms with E-state index in [2.05, 4.69) is 11.1 Å². The molecule has 106 valence electrons. The number of benzene rings is 2. The molecule has 1 heterocycles. The number of hydrogen-bond donors (Lipinski definition) is 1. The van der Waals surface area contributed by atoms with Crippen LogP contribution in [-0.2, 0) is 0 Å². The lowest BCUT2D eigenvalue weighted by atomic mass is 10.1. The zero-order chi connectivity index (χ0) is 15.5. The van der Waals surface area contributed by atoms with Gasteiger partial charge in [-0.15, -0.1) is 11.3 Å². The Morgan fingerprint density at radius 2 is 1.91 bits per heavy atom. The molecule has 1 aromatic heterocycles. The number of hydrogen-bond acceptors (Lipinski definition) is 4. The molecule has 3 aromatic rings. The van der Waals surface area contributed by atoms with Gasteiger partial charge in [-0.25, -0.2) is 4.98 Å². The van der Waals surface area contributed by atoms with E-state index in [0.717, 1.165) is 15.8 Å². The summed E-state index contributed by atoms with van der Waals surface area (Å²) in [5.74, 6) is -0.470. The Kier molecular flexibility index (Phi) is 3.69. The van der Waals surface area contributed by atoms with Gasteiger partial charge in [-0.3, -0.25) is 4.79 Å². The van der Waals surface area contributed by atoms with Crippen LogP contribution in [0.5, 0.6) is 0 Å². The molecule has 0 saturated heterocycles. The molecule has 2 aromatic carbocycles. The zero-order valence-electron chi connectivity index (χ0n) is 11.5. The molecule has 0 aliphatic heterocycles. The van der Waals surface area contributed by atoms with Crippen molar-refractivity contribution in [2.75, 3.05) is 0 Å². The topological polar surface area (TPSA) is 79.8 Å². The Bertz CT molecular complexity index is 884. The number of primary amides is 1. The fraction of sp³-hybridized carbons (Fsp3) is 0. The van der Waals surface area contributed by atoms with E-state index in [-0.39, 0.29) is 0 Å². The van der Waals surface area contributed by atoms with Crippen molar-refractivity contribution >= 4 is 39.1 Å². The summed E-state index contributed by atoms with van der Waals surface area (Å²) in [5, 5.41) is 10.1. The van der Waals surface area contributed by atoms with Crippen molar-refractivity contribution in [3.8, 4) is 6.07 Å². The van der Waals surface area contributed by atoms with Gasteiger partial charge in [-0.05, 0) is 35.9 Å². The number of amides is 1. The highest BCUT2D eigenvalue weighted by atomic mass is 32.1. The van der Waals surface area contributed by atoms with E-state index >= 15 is 0 Å². The minimum Gasteiger partial charge on any atom is -0.366 e. The second kappa shape index (κ2) is 5.80. The lowest BCUT2D eigenvalue weighted by Crippen LogP contribution is -2.10. The van der Waals surface area contributed by atoms with E-state index < -0.39 is 5.91 Å². The normalized spacial score (nSPS) is 11.3. The van der Waals surface area contributed by atoms with Crippen molar-refractivity contribution in [2.24, 2.45) is 5.73 Å². The van der Waals surface area contributed by atoms with Crippen LogP contribution in [0.1, 0.15) is 20.9 Å². The molecule has 0 radical (unpaired) electrons. The summed E-state index contributed by atoms with van der Waals surface area (Å²) >= 11 is 1.48. The van der Waals surface area contributed by atoms with Crippen LogP contribution < -0.4 is 5.73 Å². The molecule has 2 N–H and O–H groups in total. The summed E-state index contributed by atoms with van der Waals surface area (Å²) in [5.41, 5.74) is 7.85. The van der Waals surface area contributed by atoms with Crippen molar-refractivity contribution in [1.29, 1.82) is 5.26 Å². The highest BCUT2D eigenvalue weighted by Gasteiger charge is 2.08. The standard InChI is InChI=1S/C17H11N3OS/c18-10-13(9-11-5-7-12(8-6-11)16(19)21)17-20-14-3-1-2-4-15(14)22-17/h1-9H,(H2,19,21)/b13-9+. The van der Waals surface area contributed by atoms with Crippen LogP contribution in [0.2, 0.25) is 0 Å². The molecule has 5 heteroatoms. The van der Waals surface area contributed by atoms with Crippen LogP contribution in [0, 0.1) is 11.3 Å². The van der Waals surface area contributed by atoms with Gasteiger partial charge in [0.1, 0.15) is 11.1 Å². The highest BCUT2D eigenvalue weighted by Crippen LogP contribution is 2.27. The van der Waals surface area contributed by atoms with E-state index in [0.29, 0.717) is 16.1 Å². The van der Waals surface area contributed by atoms with Crippen molar-refractivity contribution < 1.29 is 4.79 Å². The van der Waals surface area contributed by atoms with Gasteiger partial charge in [0.15, 0.2) is 0 Å². The SMILES string of the molecule is N#C/C(=C\c1ccc(C(N)=O)cc1)c1nc2ccccc2s1. The minimum absolute atomic E-state index is 0.440. The summed E-state index contributed by atoms with van der Waals surface area (Å²) in [6, 6.07) is 16.7. The Morgan fingerprint density at radius 1 is 1.18 bits per heavy atom. The molecule has 0 spiro atoms. The van der Waals surface area contributed by atoms with Gasteiger partial charge in [-0.1, -0.05) is 24.3 Å². The summed E-state index contributed by atoms with van der Waals surface area (Å²) < 4.78 is 1.04. The molecule has 22 heavy (non-hydrogen) atoms. The fourth-order valence-electron chi connectivity index (χ4n) is 2.04. The van der Waals surface area contributed by atoms with Gasteiger partial charge in [0.2, 0.25) is 5.91 Å². The fourth-order valence-corrected chi connectivity index (χ4v) is 2.97. The Hall–Kier alpha value is -2.97. The number of rotatable bonds is 3. The average Bonchev–Trinajstić information content (AvgIpc) is 2.96. The van der Waals surface area contributed by atoms with Crippen LogP contribution in [0.3, 0.4) is 0 Å². The number of thiazole rings is 1. The molecule has 3 rings (SSSR count). The third kappa shape index (κ3) is 2.73. The summed E-state index contributed by atoms with van der Waals surface area (Å²) in [4.78, 5) is 15.5. The monoisotopic (exact) mass is 305 g/mol. The molecule has 4 nitrogen and oxygen atoms in total. The highest BCUT2D eigenvalue weighted by molar-refractivity contribution is 7.19. The zero-order valence-corrected chi connectivity index (χ0v) is 12.3. The van der Waals surface area contributed by atoms with E-state index in [4.69, 9.17) is 5.73 Å².